The summed E-state index contributed by atoms with van der Waals surface area (Å²) in [5, 5.41) is 7.57. The van der Waals surface area contributed by atoms with Crippen molar-refractivity contribution in [2.24, 2.45) is 0 Å². The van der Waals surface area contributed by atoms with Crippen LogP contribution in [0.1, 0.15) is 23.4 Å². The Kier molecular flexibility index (Phi) is 8.56. The quantitative estimate of drug-likeness (QED) is 0.453. The molecule has 3 aromatic rings. The van der Waals surface area contributed by atoms with Crippen LogP contribution in [0.2, 0.25) is 0 Å². The first-order chi connectivity index (χ1) is 17.5. The summed E-state index contributed by atoms with van der Waals surface area (Å²) in [6.45, 7) is 4.86. The van der Waals surface area contributed by atoms with Crippen molar-refractivity contribution in [1.29, 1.82) is 0 Å². The highest BCUT2D eigenvalue weighted by Gasteiger charge is 2.32. The number of anilines is 1. The Hall–Kier alpha value is -3.43. The highest BCUT2D eigenvalue weighted by molar-refractivity contribution is 7.10. The molecule has 2 aromatic carbocycles. The number of piperazine rings is 1. The molecular formula is C27H31FN4O3S. The maximum absolute atomic E-state index is 14.3. The molecular weight excluding hydrogens is 479 g/mol. The monoisotopic (exact) mass is 510 g/mol. The number of carbonyl (C=O) groups is 2. The highest BCUT2D eigenvalue weighted by atomic mass is 32.1. The third-order valence-corrected chi connectivity index (χ3v) is 7.35. The molecule has 1 aliphatic heterocycles. The molecule has 2 heterocycles. The van der Waals surface area contributed by atoms with E-state index < -0.39 is 11.8 Å². The summed E-state index contributed by atoms with van der Waals surface area (Å²) in [5.74, 6) is -0.939. The Morgan fingerprint density at radius 3 is 2.42 bits per heavy atom. The minimum Gasteiger partial charge on any atom is -0.496 e. The second kappa shape index (κ2) is 12.0. The van der Waals surface area contributed by atoms with Gasteiger partial charge in [-0.25, -0.2) is 4.39 Å². The van der Waals surface area contributed by atoms with E-state index in [1.165, 1.54) is 6.07 Å². The normalized spacial score (nSPS) is 15.7. The molecule has 2 atom stereocenters. The van der Waals surface area contributed by atoms with E-state index in [0.29, 0.717) is 37.6 Å². The molecule has 0 spiro atoms. The molecule has 190 valence electrons. The molecule has 0 bridgehead atoms. The minimum atomic E-state index is -0.693. The van der Waals surface area contributed by atoms with Gasteiger partial charge < -0.3 is 20.3 Å². The Morgan fingerprint density at radius 2 is 1.72 bits per heavy atom. The Balaban J connectivity index is 1.38. The number of rotatable bonds is 8. The predicted molar refractivity (Wildman–Crippen MR) is 140 cm³/mol. The second-order valence-electron chi connectivity index (χ2n) is 8.69. The van der Waals surface area contributed by atoms with Gasteiger partial charge in [0, 0.05) is 49.2 Å². The Labute approximate surface area is 214 Å². The third kappa shape index (κ3) is 6.03. The van der Waals surface area contributed by atoms with Crippen LogP contribution in [0.25, 0.3) is 0 Å². The molecule has 0 radical (unpaired) electrons. The highest BCUT2D eigenvalue weighted by Crippen LogP contribution is 2.30. The molecule has 2 N–H and O–H groups in total. The van der Waals surface area contributed by atoms with Gasteiger partial charge in [-0.05, 0) is 36.6 Å². The number of halogens is 1. The van der Waals surface area contributed by atoms with Crippen molar-refractivity contribution in [2.45, 2.75) is 25.6 Å². The molecule has 2 unspecified atom stereocenters. The first-order valence-electron chi connectivity index (χ1n) is 12.0. The topological polar surface area (TPSA) is 73.9 Å². The molecule has 0 saturated carbocycles. The second-order valence-corrected chi connectivity index (χ2v) is 9.67. The van der Waals surface area contributed by atoms with E-state index >= 15 is 0 Å². The van der Waals surface area contributed by atoms with Crippen LogP contribution in [0.15, 0.2) is 66.0 Å². The number of carbonyl (C=O) groups excluding carboxylic acids is 2. The zero-order valence-electron chi connectivity index (χ0n) is 20.4. The minimum absolute atomic E-state index is 0.0984. The average molecular weight is 511 g/mol. The van der Waals surface area contributed by atoms with Crippen molar-refractivity contribution in [3.05, 3.63) is 82.3 Å². The number of thiophene rings is 1. The number of hydrogen-bond donors (Lipinski definition) is 2. The van der Waals surface area contributed by atoms with Crippen LogP contribution in [0, 0.1) is 5.82 Å². The number of benzene rings is 2. The lowest BCUT2D eigenvalue weighted by molar-refractivity contribution is -0.140. The fourth-order valence-corrected chi connectivity index (χ4v) is 5.57. The number of nitrogens with one attached hydrogen (secondary N) is 2. The van der Waals surface area contributed by atoms with Crippen LogP contribution in [0.5, 0.6) is 5.75 Å². The zero-order valence-corrected chi connectivity index (χ0v) is 21.3. The van der Waals surface area contributed by atoms with Crippen molar-refractivity contribution in [3.8, 4) is 5.75 Å². The third-order valence-electron chi connectivity index (χ3n) is 6.41. The molecule has 1 aromatic heterocycles. The van der Waals surface area contributed by atoms with Gasteiger partial charge in [0.1, 0.15) is 11.6 Å². The van der Waals surface area contributed by atoms with E-state index in [9.17, 15) is 14.0 Å². The van der Waals surface area contributed by atoms with Crippen molar-refractivity contribution in [2.75, 3.05) is 38.2 Å². The van der Waals surface area contributed by atoms with E-state index in [0.717, 1.165) is 10.4 Å². The summed E-state index contributed by atoms with van der Waals surface area (Å²) < 4.78 is 19.6. The molecule has 36 heavy (non-hydrogen) atoms. The van der Waals surface area contributed by atoms with E-state index in [4.69, 9.17) is 4.74 Å². The van der Waals surface area contributed by atoms with Crippen molar-refractivity contribution in [1.82, 2.24) is 15.5 Å². The van der Waals surface area contributed by atoms with Gasteiger partial charge in [0.05, 0.1) is 18.8 Å². The van der Waals surface area contributed by atoms with Crippen LogP contribution in [-0.4, -0.2) is 56.0 Å². The maximum Gasteiger partial charge on any atom is 0.309 e. The van der Waals surface area contributed by atoms with Gasteiger partial charge in [-0.1, -0.05) is 36.4 Å². The summed E-state index contributed by atoms with van der Waals surface area (Å²) in [6.07, 6.45) is 0. The molecule has 7 nitrogen and oxygen atoms in total. The summed E-state index contributed by atoms with van der Waals surface area (Å²) >= 11 is 1.62. The molecule has 2 amide bonds. The fraction of sp³-hybridized carbons (Fsp3) is 0.333. The van der Waals surface area contributed by atoms with Crippen LogP contribution in [-0.2, 0) is 16.1 Å². The van der Waals surface area contributed by atoms with Crippen LogP contribution in [0.4, 0.5) is 10.1 Å². The van der Waals surface area contributed by atoms with E-state index in [2.05, 4.69) is 15.5 Å². The van der Waals surface area contributed by atoms with E-state index in [1.807, 2.05) is 53.6 Å². The Bertz CT molecular complexity index is 1170. The van der Waals surface area contributed by atoms with Crippen molar-refractivity contribution >= 4 is 28.8 Å². The van der Waals surface area contributed by atoms with Gasteiger partial charge in [0.25, 0.3) is 0 Å². The lowest BCUT2D eigenvalue weighted by atomic mass is 10.0. The molecule has 1 aliphatic rings. The summed E-state index contributed by atoms with van der Waals surface area (Å²) in [4.78, 5) is 30.7. The number of nitrogens with zero attached hydrogens (tertiary/aromatic N) is 2. The van der Waals surface area contributed by atoms with Gasteiger partial charge in [-0.2, -0.15) is 0 Å². The van der Waals surface area contributed by atoms with E-state index in [-0.39, 0.29) is 24.4 Å². The van der Waals surface area contributed by atoms with E-state index in [1.54, 1.807) is 36.6 Å². The fourth-order valence-electron chi connectivity index (χ4n) is 4.61. The zero-order chi connectivity index (χ0) is 25.5. The first kappa shape index (κ1) is 25.7. The molecule has 1 fully saturated rings. The lowest BCUT2D eigenvalue weighted by Crippen LogP contribution is -2.53. The molecule has 4 rings (SSSR count). The molecule has 1 saturated heterocycles. The standard InChI is InChI=1S/C27H31FN4O3S/c1-19(30-27(34)26(33)29-18-20-8-3-6-11-23(20)35-2)25(24-12-7-17-36-24)32-15-13-31(14-16-32)22-10-5-4-9-21(22)28/h3-12,17,19,25H,13-16,18H2,1-2H3,(H,29,33)(H,30,34). The predicted octanol–water partition coefficient (Wildman–Crippen LogP) is 3.58. The largest absolute Gasteiger partial charge is 0.496 e. The summed E-state index contributed by atoms with van der Waals surface area (Å²) in [7, 11) is 1.57. The smallest absolute Gasteiger partial charge is 0.309 e. The van der Waals surface area contributed by atoms with Crippen LogP contribution < -0.4 is 20.3 Å². The SMILES string of the molecule is COc1ccccc1CNC(=O)C(=O)NC(C)C(c1cccs1)N1CCN(c2ccccc2F)CC1. The van der Waals surface area contributed by atoms with Gasteiger partial charge >= 0.3 is 11.8 Å². The Morgan fingerprint density at radius 1 is 1.00 bits per heavy atom. The number of ether oxygens (including phenoxy) is 1. The lowest BCUT2D eigenvalue weighted by Gasteiger charge is -2.42. The number of amides is 2. The molecule has 0 aliphatic carbocycles. The van der Waals surface area contributed by atoms with Gasteiger partial charge in [-0.15, -0.1) is 11.3 Å². The average Bonchev–Trinajstić information content (AvgIpc) is 3.42. The van der Waals surface area contributed by atoms with Crippen molar-refractivity contribution in [3.63, 3.8) is 0 Å². The van der Waals surface area contributed by atoms with Crippen molar-refractivity contribution < 1.29 is 18.7 Å². The van der Waals surface area contributed by atoms with Crippen LogP contribution in [0.3, 0.4) is 0 Å². The van der Waals surface area contributed by atoms with Gasteiger partial charge in [-0.3, -0.25) is 14.5 Å². The summed E-state index contributed by atoms with van der Waals surface area (Å²) in [5.41, 5.74) is 1.40. The maximum atomic E-state index is 14.3. The number of methoxy groups -OCH3 is 1. The van der Waals surface area contributed by atoms with Gasteiger partial charge in [0.2, 0.25) is 0 Å². The van der Waals surface area contributed by atoms with Gasteiger partial charge in [0.15, 0.2) is 0 Å². The summed E-state index contributed by atoms with van der Waals surface area (Å²) in [6, 6.07) is 17.8. The number of para-hydroxylation sites is 2. The van der Waals surface area contributed by atoms with Crippen LogP contribution >= 0.6 is 11.3 Å². The molecule has 9 heteroatoms. The number of hydrogen-bond acceptors (Lipinski definition) is 6. The first-order valence-corrected chi connectivity index (χ1v) is 12.8.